The van der Waals surface area contributed by atoms with Crippen LogP contribution in [0.5, 0.6) is 0 Å². The molecule has 6 nitrogen and oxygen atoms in total. The van der Waals surface area contributed by atoms with E-state index < -0.39 is 0 Å². The Morgan fingerprint density at radius 2 is 1.40 bits per heavy atom. The highest BCUT2D eigenvalue weighted by Gasteiger charge is 2.31. The predicted molar refractivity (Wildman–Crippen MR) is 120 cm³/mol. The third kappa shape index (κ3) is 5.82. The molecule has 0 aliphatic carbocycles. The van der Waals surface area contributed by atoms with Crippen molar-refractivity contribution in [1.29, 1.82) is 0 Å². The fourth-order valence-electron chi connectivity index (χ4n) is 4.51. The number of piperidine rings is 1. The molecular weight excluding hydrogens is 376 g/mol. The van der Waals surface area contributed by atoms with E-state index in [1.165, 1.54) is 12.0 Å². The van der Waals surface area contributed by atoms with Gasteiger partial charge in [0.1, 0.15) is 0 Å². The molecule has 0 bridgehead atoms. The number of carbonyl (C=O) groups is 2. The summed E-state index contributed by atoms with van der Waals surface area (Å²) in [6, 6.07) is 10.1. The van der Waals surface area contributed by atoms with Gasteiger partial charge in [0.25, 0.3) is 0 Å². The van der Waals surface area contributed by atoms with Gasteiger partial charge in [0.05, 0.1) is 12.1 Å². The fourth-order valence-corrected chi connectivity index (χ4v) is 4.51. The summed E-state index contributed by atoms with van der Waals surface area (Å²) in [5.74, 6) is 0.647. The van der Waals surface area contributed by atoms with Crippen molar-refractivity contribution >= 4 is 11.8 Å². The molecule has 2 aliphatic rings. The minimum atomic E-state index is -0.150. The van der Waals surface area contributed by atoms with E-state index in [-0.39, 0.29) is 23.9 Å². The summed E-state index contributed by atoms with van der Waals surface area (Å²) in [5.41, 5.74) is 1.24. The number of amides is 2. The zero-order valence-corrected chi connectivity index (χ0v) is 18.8. The molecule has 0 saturated carbocycles. The SMILES string of the molecule is C[C@H](CNC(=O)[C@@H](C)N1CCN([C@@H](C)C(=O)N2CCCCC2)CC1)c1ccccc1. The first-order chi connectivity index (χ1) is 14.5. The molecule has 2 amide bonds. The monoisotopic (exact) mass is 414 g/mol. The molecule has 2 fully saturated rings. The van der Waals surface area contributed by atoms with Crippen LogP contribution in [-0.2, 0) is 9.59 Å². The lowest BCUT2D eigenvalue weighted by Gasteiger charge is -2.41. The highest BCUT2D eigenvalue weighted by molar-refractivity contribution is 5.82. The van der Waals surface area contributed by atoms with Crippen LogP contribution in [0.1, 0.15) is 51.5 Å². The lowest BCUT2D eigenvalue weighted by molar-refractivity contribution is -0.138. The third-order valence-corrected chi connectivity index (χ3v) is 6.80. The Kier molecular flexibility index (Phi) is 8.28. The minimum Gasteiger partial charge on any atom is -0.354 e. The highest BCUT2D eigenvalue weighted by atomic mass is 16.2. The highest BCUT2D eigenvalue weighted by Crippen LogP contribution is 2.16. The summed E-state index contributed by atoms with van der Waals surface area (Å²) in [4.78, 5) is 32.0. The van der Waals surface area contributed by atoms with Crippen LogP contribution < -0.4 is 5.32 Å². The molecule has 0 aromatic heterocycles. The minimum absolute atomic E-state index is 0.0684. The third-order valence-electron chi connectivity index (χ3n) is 6.80. The second kappa shape index (κ2) is 10.9. The average Bonchev–Trinajstić information content (AvgIpc) is 2.82. The van der Waals surface area contributed by atoms with Gasteiger partial charge in [0.15, 0.2) is 0 Å². The Hall–Kier alpha value is -1.92. The van der Waals surface area contributed by atoms with Gasteiger partial charge in [-0.05, 0) is 44.6 Å². The van der Waals surface area contributed by atoms with Crippen molar-refractivity contribution < 1.29 is 9.59 Å². The molecule has 30 heavy (non-hydrogen) atoms. The van der Waals surface area contributed by atoms with Crippen LogP contribution in [0.25, 0.3) is 0 Å². The number of carbonyl (C=O) groups excluding carboxylic acids is 2. The molecule has 1 N–H and O–H groups in total. The second-order valence-electron chi connectivity index (χ2n) is 8.87. The van der Waals surface area contributed by atoms with Crippen LogP contribution in [0.2, 0.25) is 0 Å². The first-order valence-electron chi connectivity index (χ1n) is 11.6. The van der Waals surface area contributed by atoms with E-state index in [0.29, 0.717) is 12.5 Å². The van der Waals surface area contributed by atoms with E-state index in [9.17, 15) is 9.59 Å². The molecule has 0 spiro atoms. The molecule has 3 atom stereocenters. The molecule has 6 heteroatoms. The summed E-state index contributed by atoms with van der Waals surface area (Å²) >= 11 is 0. The summed E-state index contributed by atoms with van der Waals surface area (Å²) in [7, 11) is 0. The van der Waals surface area contributed by atoms with E-state index in [4.69, 9.17) is 0 Å². The van der Waals surface area contributed by atoms with E-state index in [0.717, 1.165) is 52.1 Å². The van der Waals surface area contributed by atoms with Crippen LogP contribution in [-0.4, -0.2) is 84.4 Å². The molecule has 166 valence electrons. The van der Waals surface area contributed by atoms with Gasteiger partial charge >= 0.3 is 0 Å². The van der Waals surface area contributed by atoms with E-state index in [1.807, 2.05) is 36.9 Å². The second-order valence-corrected chi connectivity index (χ2v) is 8.87. The molecule has 1 aromatic rings. The Balaban J connectivity index is 1.42. The molecule has 2 saturated heterocycles. The maximum absolute atomic E-state index is 12.8. The molecule has 0 unspecified atom stereocenters. The van der Waals surface area contributed by atoms with Crippen molar-refractivity contribution in [2.24, 2.45) is 0 Å². The lowest BCUT2D eigenvalue weighted by atomic mass is 10.0. The molecule has 3 rings (SSSR count). The Labute approximate surface area is 181 Å². The van der Waals surface area contributed by atoms with E-state index in [2.05, 4.69) is 34.2 Å². The van der Waals surface area contributed by atoms with Gasteiger partial charge in [0.2, 0.25) is 11.8 Å². The number of hydrogen-bond donors (Lipinski definition) is 1. The quantitative estimate of drug-likeness (QED) is 0.744. The Morgan fingerprint density at radius 3 is 2.00 bits per heavy atom. The first-order valence-corrected chi connectivity index (χ1v) is 11.6. The van der Waals surface area contributed by atoms with Crippen molar-refractivity contribution in [3.8, 4) is 0 Å². The van der Waals surface area contributed by atoms with Gasteiger partial charge in [-0.15, -0.1) is 0 Å². The lowest BCUT2D eigenvalue weighted by Crippen LogP contribution is -2.58. The number of piperazine rings is 1. The van der Waals surface area contributed by atoms with E-state index in [1.54, 1.807) is 0 Å². The smallest absolute Gasteiger partial charge is 0.239 e. The molecule has 0 radical (unpaired) electrons. The molecule has 2 aliphatic heterocycles. The summed E-state index contributed by atoms with van der Waals surface area (Å²) in [5, 5.41) is 3.12. The van der Waals surface area contributed by atoms with Crippen molar-refractivity contribution in [3.05, 3.63) is 35.9 Å². The first kappa shape index (κ1) is 22.8. The average molecular weight is 415 g/mol. The number of benzene rings is 1. The fraction of sp³-hybridized carbons (Fsp3) is 0.667. The molecule has 1 aromatic carbocycles. The summed E-state index contributed by atoms with van der Waals surface area (Å²) in [6.45, 7) is 11.9. The zero-order valence-electron chi connectivity index (χ0n) is 18.8. The summed E-state index contributed by atoms with van der Waals surface area (Å²) < 4.78 is 0. The van der Waals surface area contributed by atoms with Crippen LogP contribution in [0.4, 0.5) is 0 Å². The van der Waals surface area contributed by atoms with Crippen LogP contribution in [0.15, 0.2) is 30.3 Å². The normalized spacial score (nSPS) is 21.6. The zero-order chi connectivity index (χ0) is 21.5. The number of nitrogens with one attached hydrogen (secondary N) is 1. The molecule has 2 heterocycles. The van der Waals surface area contributed by atoms with Gasteiger partial charge < -0.3 is 10.2 Å². The number of nitrogens with zero attached hydrogens (tertiary/aromatic N) is 3. The molecular formula is C24H38N4O2. The van der Waals surface area contributed by atoms with Crippen LogP contribution >= 0.6 is 0 Å². The maximum atomic E-state index is 12.8. The largest absolute Gasteiger partial charge is 0.354 e. The van der Waals surface area contributed by atoms with E-state index >= 15 is 0 Å². The Morgan fingerprint density at radius 1 is 0.833 bits per heavy atom. The number of hydrogen-bond acceptors (Lipinski definition) is 4. The van der Waals surface area contributed by atoms with Crippen molar-refractivity contribution in [2.75, 3.05) is 45.8 Å². The topological polar surface area (TPSA) is 55.9 Å². The van der Waals surface area contributed by atoms with Crippen LogP contribution in [0, 0.1) is 0 Å². The predicted octanol–water partition coefficient (Wildman–Crippen LogP) is 2.31. The van der Waals surface area contributed by atoms with Gasteiger partial charge in [0, 0.05) is 45.8 Å². The van der Waals surface area contributed by atoms with Gasteiger partial charge in [-0.2, -0.15) is 0 Å². The summed E-state index contributed by atoms with van der Waals surface area (Å²) in [6.07, 6.45) is 3.49. The standard InChI is InChI=1S/C24H38N4O2/c1-19(22-10-6-4-7-11-22)18-25-23(29)20(2)26-14-16-27(17-15-26)21(3)24(30)28-12-8-5-9-13-28/h4,6-7,10-11,19-21H,5,8-9,12-18H2,1-3H3,(H,25,29)/t19-,20-,21+/m1/s1. The van der Waals surface area contributed by atoms with Crippen molar-refractivity contribution in [2.45, 2.75) is 58.0 Å². The van der Waals surface area contributed by atoms with Gasteiger partial charge in [-0.1, -0.05) is 37.3 Å². The maximum Gasteiger partial charge on any atom is 0.239 e. The number of rotatable bonds is 7. The van der Waals surface area contributed by atoms with Crippen molar-refractivity contribution in [1.82, 2.24) is 20.0 Å². The Bertz CT molecular complexity index is 682. The van der Waals surface area contributed by atoms with Gasteiger partial charge in [-0.3, -0.25) is 19.4 Å². The van der Waals surface area contributed by atoms with Crippen molar-refractivity contribution in [3.63, 3.8) is 0 Å². The van der Waals surface area contributed by atoms with Crippen LogP contribution in [0.3, 0.4) is 0 Å². The van der Waals surface area contributed by atoms with Gasteiger partial charge in [-0.25, -0.2) is 0 Å². The number of likely N-dealkylation sites (tertiary alicyclic amines) is 1.